The van der Waals surface area contributed by atoms with Crippen molar-refractivity contribution in [3.8, 4) is 0 Å². The Hall–Kier alpha value is 0.110. The van der Waals surface area contributed by atoms with E-state index in [1.807, 2.05) is 0 Å². The molecular weight excluding hydrogens is 303 g/mol. The van der Waals surface area contributed by atoms with Crippen LogP contribution in [0.15, 0.2) is 4.74 Å². The van der Waals surface area contributed by atoms with Gasteiger partial charge in [0.15, 0.2) is 7.51 Å². The predicted octanol–water partition coefficient (Wildman–Crippen LogP) is 5.19. The molecule has 1 heterocycles. The van der Waals surface area contributed by atoms with Crippen molar-refractivity contribution in [2.24, 2.45) is 10.7 Å². The highest BCUT2D eigenvalue weighted by molar-refractivity contribution is 7.59. The van der Waals surface area contributed by atoms with E-state index >= 15 is 0 Å². The van der Waals surface area contributed by atoms with Crippen molar-refractivity contribution in [1.82, 2.24) is 14.4 Å². The van der Waals surface area contributed by atoms with E-state index in [2.05, 4.69) is 76.7 Å². The Morgan fingerprint density at radius 2 is 1.52 bits per heavy atom. The van der Waals surface area contributed by atoms with Crippen LogP contribution in [-0.2, 0) is 0 Å². The fourth-order valence-corrected chi connectivity index (χ4v) is 7.49. The summed E-state index contributed by atoms with van der Waals surface area (Å²) in [6, 6.07) is 0. The Balaban J connectivity index is 3.42. The number of nitrogens with zero attached hydrogens (tertiary/aromatic N) is 3. The molecule has 1 aliphatic heterocycles. The van der Waals surface area contributed by atoms with Gasteiger partial charge in [0, 0.05) is 31.7 Å². The summed E-state index contributed by atoms with van der Waals surface area (Å²) in [6.45, 7) is 24.9. The molecule has 0 saturated carbocycles. The first-order chi connectivity index (χ1) is 10.4. The molecule has 0 radical (unpaired) electrons. The van der Waals surface area contributed by atoms with Gasteiger partial charge in [-0.3, -0.25) is 9.83 Å². The van der Waals surface area contributed by atoms with Gasteiger partial charge < -0.3 is 0 Å². The van der Waals surface area contributed by atoms with Crippen LogP contribution in [0, 0.1) is 5.92 Å². The van der Waals surface area contributed by atoms with E-state index < -0.39 is 7.51 Å². The quantitative estimate of drug-likeness (QED) is 0.696. The highest BCUT2D eigenvalue weighted by Gasteiger charge is 2.39. The second-order valence-corrected chi connectivity index (χ2v) is 11.7. The maximum absolute atomic E-state index is 5.47. The zero-order chi connectivity index (χ0) is 17.9. The summed E-state index contributed by atoms with van der Waals surface area (Å²) in [5.74, 6) is 0.842. The summed E-state index contributed by atoms with van der Waals surface area (Å²) in [5, 5.41) is 4.01. The molecule has 5 heteroatoms. The van der Waals surface area contributed by atoms with Crippen LogP contribution < -0.4 is 5.09 Å². The molecule has 0 aromatic carbocycles. The van der Waals surface area contributed by atoms with Crippen LogP contribution in [0.25, 0.3) is 0 Å². The van der Waals surface area contributed by atoms with Crippen molar-refractivity contribution in [3.63, 3.8) is 0 Å². The molecule has 1 N–H and O–H groups in total. The lowest BCUT2D eigenvalue weighted by atomic mass is 10.0. The Morgan fingerprint density at radius 1 is 1.04 bits per heavy atom. The molecular formula is C18H41N4P. The van der Waals surface area contributed by atoms with E-state index in [-0.39, 0.29) is 11.1 Å². The van der Waals surface area contributed by atoms with Gasteiger partial charge in [-0.15, -0.1) is 0 Å². The van der Waals surface area contributed by atoms with Gasteiger partial charge in [0.25, 0.3) is 0 Å². The average Bonchev–Trinajstić information content (AvgIpc) is 2.36. The molecule has 138 valence electrons. The molecule has 0 aliphatic carbocycles. The summed E-state index contributed by atoms with van der Waals surface area (Å²) in [5.41, 5.74) is 0.00582. The molecule has 1 unspecified atom stereocenters. The first-order valence-corrected chi connectivity index (χ1v) is 11.0. The fraction of sp³-hybridized carbons (Fsp3) is 1.00. The Morgan fingerprint density at radius 3 is 1.87 bits per heavy atom. The summed E-state index contributed by atoms with van der Waals surface area (Å²) < 4.78 is 10.8. The molecule has 0 aromatic rings. The minimum Gasteiger partial charge on any atom is -0.255 e. The molecule has 23 heavy (non-hydrogen) atoms. The van der Waals surface area contributed by atoms with Crippen molar-refractivity contribution >= 4 is 7.51 Å². The number of rotatable bonds is 5. The zero-order valence-electron chi connectivity index (χ0n) is 17.1. The average molecular weight is 345 g/mol. The third-order valence-electron chi connectivity index (χ3n) is 4.20. The van der Waals surface area contributed by atoms with Crippen LogP contribution in [0.4, 0.5) is 0 Å². The molecule has 0 aromatic heterocycles. The maximum Gasteiger partial charge on any atom is 0.166 e. The van der Waals surface area contributed by atoms with Crippen LogP contribution >= 0.6 is 7.51 Å². The third kappa shape index (κ3) is 6.16. The zero-order valence-corrected chi connectivity index (χ0v) is 18.0. The molecule has 1 saturated heterocycles. The first-order valence-electron chi connectivity index (χ1n) is 9.37. The highest BCUT2D eigenvalue weighted by Crippen LogP contribution is 2.57. The molecule has 0 spiro atoms. The summed E-state index contributed by atoms with van der Waals surface area (Å²) in [6.07, 6.45) is 2.57. The monoisotopic (exact) mass is 344 g/mol. The van der Waals surface area contributed by atoms with Crippen molar-refractivity contribution in [1.29, 1.82) is 0 Å². The lowest BCUT2D eigenvalue weighted by molar-refractivity contribution is 0.270. The summed E-state index contributed by atoms with van der Waals surface area (Å²) in [4.78, 5) is 0. The normalized spacial score (nSPS) is 21.5. The van der Waals surface area contributed by atoms with Crippen molar-refractivity contribution < 1.29 is 0 Å². The Bertz CT molecular complexity index is 408. The predicted molar refractivity (Wildman–Crippen MR) is 105 cm³/mol. The number of piperidine rings is 1. The minimum atomic E-state index is -1.91. The molecule has 1 atom stereocenters. The lowest BCUT2D eigenvalue weighted by Crippen LogP contribution is -2.48. The second kappa shape index (κ2) is 7.99. The SMILES string of the molecule is CCN(CC)P(=NC(C)(C)C)(NC(C)(C)C)N1CCC(C)CC1. The molecule has 1 fully saturated rings. The second-order valence-electron chi connectivity index (χ2n) is 8.98. The van der Waals surface area contributed by atoms with Crippen LogP contribution in [0.1, 0.15) is 75.2 Å². The molecule has 1 rings (SSSR count). The summed E-state index contributed by atoms with van der Waals surface area (Å²) >= 11 is 0. The molecule has 0 amide bonds. The highest BCUT2D eigenvalue weighted by atomic mass is 31.2. The smallest absolute Gasteiger partial charge is 0.166 e. The van der Waals surface area contributed by atoms with Gasteiger partial charge in [0.05, 0.1) is 5.54 Å². The van der Waals surface area contributed by atoms with E-state index in [4.69, 9.17) is 4.74 Å². The van der Waals surface area contributed by atoms with E-state index in [0.29, 0.717) is 0 Å². The van der Waals surface area contributed by atoms with Crippen molar-refractivity contribution in [3.05, 3.63) is 0 Å². The van der Waals surface area contributed by atoms with Gasteiger partial charge in [0.2, 0.25) is 0 Å². The standard InChI is InChI=1S/C18H41N4P/c1-10-21(11-2)23(19-17(4,5)6,20-18(7,8)9)22-14-12-16(3)13-15-22/h16,19H,10-15H2,1-9H3. The molecule has 4 nitrogen and oxygen atoms in total. The lowest BCUT2D eigenvalue weighted by Gasteiger charge is -2.49. The first kappa shape index (κ1) is 21.2. The van der Waals surface area contributed by atoms with Gasteiger partial charge in [0.1, 0.15) is 0 Å². The van der Waals surface area contributed by atoms with Crippen LogP contribution in [-0.4, -0.2) is 46.6 Å². The van der Waals surface area contributed by atoms with Crippen molar-refractivity contribution in [2.45, 2.75) is 86.2 Å². The van der Waals surface area contributed by atoms with E-state index in [9.17, 15) is 0 Å². The van der Waals surface area contributed by atoms with Gasteiger partial charge in [-0.05, 0) is 60.3 Å². The maximum atomic E-state index is 5.47. The minimum absolute atomic E-state index is 0.0440. The summed E-state index contributed by atoms with van der Waals surface area (Å²) in [7, 11) is -1.91. The van der Waals surface area contributed by atoms with E-state index in [1.165, 1.54) is 12.8 Å². The third-order valence-corrected chi connectivity index (χ3v) is 8.60. The van der Waals surface area contributed by atoms with E-state index in [0.717, 1.165) is 32.1 Å². The van der Waals surface area contributed by atoms with Crippen molar-refractivity contribution in [2.75, 3.05) is 26.2 Å². The van der Waals surface area contributed by atoms with E-state index in [1.54, 1.807) is 0 Å². The largest absolute Gasteiger partial charge is 0.255 e. The number of nitrogens with one attached hydrogen (secondary N) is 1. The van der Waals surface area contributed by atoms with Gasteiger partial charge in [-0.1, -0.05) is 20.8 Å². The fourth-order valence-electron chi connectivity index (χ4n) is 3.23. The Labute approximate surface area is 145 Å². The van der Waals surface area contributed by atoms with Crippen LogP contribution in [0.2, 0.25) is 0 Å². The molecule has 0 bridgehead atoms. The van der Waals surface area contributed by atoms with Crippen LogP contribution in [0.5, 0.6) is 0 Å². The van der Waals surface area contributed by atoms with Gasteiger partial charge in [-0.2, -0.15) is 0 Å². The van der Waals surface area contributed by atoms with Crippen LogP contribution in [0.3, 0.4) is 0 Å². The molecule has 1 aliphatic rings. The van der Waals surface area contributed by atoms with Gasteiger partial charge >= 0.3 is 0 Å². The Kier molecular flexibility index (Phi) is 7.35. The topological polar surface area (TPSA) is 30.9 Å². The number of hydrogen-bond donors (Lipinski definition) is 1. The number of hydrogen-bond acceptors (Lipinski definition) is 1. The van der Waals surface area contributed by atoms with Gasteiger partial charge in [-0.25, -0.2) is 9.34 Å².